The van der Waals surface area contributed by atoms with Crippen molar-refractivity contribution < 1.29 is 20.4 Å². The third-order valence-electron chi connectivity index (χ3n) is 1.01. The molecule has 0 atom stereocenters. The monoisotopic (exact) mass is 246 g/mol. The van der Waals surface area contributed by atoms with Crippen molar-refractivity contribution in [3.8, 4) is 0 Å². The summed E-state index contributed by atoms with van der Waals surface area (Å²) in [6, 6.07) is 1.95. The van der Waals surface area contributed by atoms with Crippen molar-refractivity contribution in [2.45, 2.75) is 13.8 Å². The van der Waals surface area contributed by atoms with E-state index in [-0.39, 0.29) is 20.4 Å². The van der Waals surface area contributed by atoms with E-state index in [0.717, 1.165) is 11.4 Å². The third kappa shape index (κ3) is 2.70. The zero-order valence-corrected chi connectivity index (χ0v) is 8.12. The summed E-state index contributed by atoms with van der Waals surface area (Å²) in [4.78, 5) is 6.91. The summed E-state index contributed by atoms with van der Waals surface area (Å²) < 4.78 is 0.563. The Morgan fingerprint density at radius 3 is 2.50 bits per heavy atom. The van der Waals surface area contributed by atoms with Crippen LogP contribution in [0.15, 0.2) is 6.07 Å². The Bertz CT molecular complexity index is 245. The smallest absolute Gasteiger partial charge is 0.197 e. The van der Waals surface area contributed by atoms with Gasteiger partial charge in [-0.3, -0.25) is 0 Å². The second-order valence-corrected chi connectivity index (χ2v) is 2.40. The Kier molecular flexibility index (Phi) is 3.96. The van der Waals surface area contributed by atoms with Crippen LogP contribution in [0.2, 0.25) is 0 Å². The molecule has 0 amide bonds. The van der Waals surface area contributed by atoms with Gasteiger partial charge in [-0.2, -0.15) is 0 Å². The van der Waals surface area contributed by atoms with Crippen LogP contribution in [0.1, 0.15) is 11.4 Å². The maximum Gasteiger partial charge on any atom is 0.197 e. The molecular formula is C6H8N2PdS. The average molecular weight is 247 g/mol. The molecule has 0 aliphatic carbocycles. The molecule has 1 rings (SSSR count). The van der Waals surface area contributed by atoms with Gasteiger partial charge in [0.1, 0.15) is 0 Å². The van der Waals surface area contributed by atoms with Crippen LogP contribution >= 0.6 is 12.2 Å². The fraction of sp³-hybridized carbons (Fsp3) is 0.333. The van der Waals surface area contributed by atoms with E-state index >= 15 is 0 Å². The molecule has 4 heteroatoms. The van der Waals surface area contributed by atoms with Crippen LogP contribution in [0.5, 0.6) is 0 Å². The molecule has 1 aromatic rings. The SMILES string of the molecule is Cc1cc(C)[nH]c(=S)n1.[Pd]. The molecule has 0 aliphatic rings. The van der Waals surface area contributed by atoms with E-state index in [0.29, 0.717) is 4.77 Å². The molecule has 0 spiro atoms. The molecule has 0 unspecified atom stereocenters. The van der Waals surface area contributed by atoms with Gasteiger partial charge in [0.15, 0.2) is 4.77 Å². The van der Waals surface area contributed by atoms with E-state index in [1.165, 1.54) is 0 Å². The number of nitrogens with zero attached hydrogens (tertiary/aromatic N) is 1. The van der Waals surface area contributed by atoms with E-state index in [1.54, 1.807) is 0 Å². The van der Waals surface area contributed by atoms with Gasteiger partial charge in [-0.15, -0.1) is 0 Å². The van der Waals surface area contributed by atoms with Crippen LogP contribution in [-0.4, -0.2) is 9.97 Å². The second kappa shape index (κ2) is 3.97. The number of hydrogen-bond donors (Lipinski definition) is 1. The van der Waals surface area contributed by atoms with Gasteiger partial charge in [0.05, 0.1) is 0 Å². The molecule has 0 saturated heterocycles. The molecule has 0 bridgehead atoms. The Hall–Kier alpha value is -0.0377. The van der Waals surface area contributed by atoms with E-state index < -0.39 is 0 Å². The predicted molar refractivity (Wildman–Crippen MR) is 38.9 cm³/mol. The van der Waals surface area contributed by atoms with Crippen molar-refractivity contribution in [2.75, 3.05) is 0 Å². The molecule has 10 heavy (non-hydrogen) atoms. The largest absolute Gasteiger partial charge is 0.335 e. The van der Waals surface area contributed by atoms with Crippen LogP contribution in [0, 0.1) is 18.6 Å². The fourth-order valence-electron chi connectivity index (χ4n) is 0.738. The van der Waals surface area contributed by atoms with Gasteiger partial charge in [0.25, 0.3) is 0 Å². The first-order valence-corrected chi connectivity index (χ1v) is 3.14. The molecule has 2 nitrogen and oxygen atoms in total. The molecule has 0 aliphatic heterocycles. The average Bonchev–Trinajstić information content (AvgIpc) is 1.59. The summed E-state index contributed by atoms with van der Waals surface area (Å²) in [6.45, 7) is 3.89. The number of hydrogen-bond acceptors (Lipinski definition) is 2. The minimum Gasteiger partial charge on any atom is -0.335 e. The van der Waals surface area contributed by atoms with E-state index in [9.17, 15) is 0 Å². The van der Waals surface area contributed by atoms with Crippen molar-refractivity contribution in [1.29, 1.82) is 0 Å². The fourth-order valence-corrected chi connectivity index (χ4v) is 1.04. The Morgan fingerprint density at radius 2 is 2.10 bits per heavy atom. The Labute approximate surface area is 78.7 Å². The predicted octanol–water partition coefficient (Wildman–Crippen LogP) is 1.75. The van der Waals surface area contributed by atoms with Crippen LogP contribution in [0.25, 0.3) is 0 Å². The van der Waals surface area contributed by atoms with E-state index in [2.05, 4.69) is 9.97 Å². The zero-order valence-electron chi connectivity index (χ0n) is 5.75. The van der Waals surface area contributed by atoms with E-state index in [4.69, 9.17) is 12.2 Å². The van der Waals surface area contributed by atoms with Crippen molar-refractivity contribution >= 4 is 12.2 Å². The molecule has 1 N–H and O–H groups in total. The molecule has 1 heterocycles. The van der Waals surface area contributed by atoms with Crippen LogP contribution in [0.4, 0.5) is 0 Å². The molecular weight excluding hydrogens is 239 g/mol. The first-order chi connectivity index (χ1) is 4.18. The zero-order chi connectivity index (χ0) is 6.85. The molecule has 0 saturated carbocycles. The number of aromatic amines is 1. The van der Waals surface area contributed by atoms with E-state index in [1.807, 2.05) is 19.9 Å². The molecule has 0 fully saturated rings. The normalized spacial score (nSPS) is 8.60. The number of aryl methyl sites for hydroxylation is 2. The second-order valence-electron chi connectivity index (χ2n) is 2.01. The van der Waals surface area contributed by atoms with Crippen molar-refractivity contribution in [3.63, 3.8) is 0 Å². The Balaban J connectivity index is 0.000000810. The van der Waals surface area contributed by atoms with Crippen molar-refractivity contribution in [2.24, 2.45) is 0 Å². The van der Waals surface area contributed by atoms with Crippen molar-refractivity contribution in [1.82, 2.24) is 9.97 Å². The van der Waals surface area contributed by atoms with Crippen LogP contribution in [0.3, 0.4) is 0 Å². The first kappa shape index (κ1) is 9.96. The number of H-pyrrole nitrogens is 1. The van der Waals surface area contributed by atoms with Crippen LogP contribution < -0.4 is 0 Å². The number of rotatable bonds is 0. The maximum atomic E-state index is 4.82. The van der Waals surface area contributed by atoms with Gasteiger partial charge < -0.3 is 4.98 Å². The van der Waals surface area contributed by atoms with Gasteiger partial charge >= 0.3 is 0 Å². The topological polar surface area (TPSA) is 28.7 Å². The minimum absolute atomic E-state index is 0. The van der Waals surface area contributed by atoms with Gasteiger partial charge in [0.2, 0.25) is 0 Å². The molecule has 0 aromatic carbocycles. The van der Waals surface area contributed by atoms with Crippen molar-refractivity contribution in [3.05, 3.63) is 22.2 Å². The van der Waals surface area contributed by atoms with Gasteiger partial charge in [-0.25, -0.2) is 4.98 Å². The van der Waals surface area contributed by atoms with Crippen LogP contribution in [-0.2, 0) is 20.4 Å². The van der Waals surface area contributed by atoms with Gasteiger partial charge in [-0.05, 0) is 32.1 Å². The molecule has 58 valence electrons. The standard InChI is InChI=1S/C6H8N2S.Pd/c1-4-3-5(2)8-6(9)7-4;/h3H,1-2H3,(H,7,8,9);. The third-order valence-corrected chi connectivity index (χ3v) is 1.20. The summed E-state index contributed by atoms with van der Waals surface area (Å²) in [5, 5.41) is 0. The summed E-state index contributed by atoms with van der Waals surface area (Å²) in [6.07, 6.45) is 0. The first-order valence-electron chi connectivity index (χ1n) is 2.73. The number of nitrogens with one attached hydrogen (secondary N) is 1. The molecule has 1 aromatic heterocycles. The summed E-state index contributed by atoms with van der Waals surface area (Å²) >= 11 is 4.82. The Morgan fingerprint density at radius 1 is 1.50 bits per heavy atom. The summed E-state index contributed by atoms with van der Waals surface area (Å²) in [5.41, 5.74) is 2.03. The van der Waals surface area contributed by atoms with Gasteiger partial charge in [-0.1, -0.05) is 0 Å². The van der Waals surface area contributed by atoms with Gasteiger partial charge in [0, 0.05) is 31.8 Å². The number of aromatic nitrogens is 2. The summed E-state index contributed by atoms with van der Waals surface area (Å²) in [7, 11) is 0. The quantitative estimate of drug-likeness (QED) is 0.558. The maximum absolute atomic E-state index is 4.82. The summed E-state index contributed by atoms with van der Waals surface area (Å²) in [5.74, 6) is 0. The molecule has 0 radical (unpaired) electrons. The minimum atomic E-state index is 0.